The van der Waals surface area contributed by atoms with Crippen LogP contribution in [-0.2, 0) is 19.6 Å². The van der Waals surface area contributed by atoms with Crippen LogP contribution in [0.4, 0.5) is 22.0 Å². The van der Waals surface area contributed by atoms with Crippen LogP contribution in [0.2, 0.25) is 0 Å². The Morgan fingerprint density at radius 3 is 2.24 bits per heavy atom. The van der Waals surface area contributed by atoms with E-state index >= 15 is 0 Å². The first-order valence-electron chi connectivity index (χ1n) is 17.4. The van der Waals surface area contributed by atoms with Crippen molar-refractivity contribution in [2.75, 3.05) is 17.2 Å². The van der Waals surface area contributed by atoms with Crippen molar-refractivity contribution in [1.82, 2.24) is 19.3 Å². The molecule has 0 aliphatic carbocycles. The van der Waals surface area contributed by atoms with Crippen LogP contribution in [0.1, 0.15) is 72.1 Å². The van der Waals surface area contributed by atoms with Gasteiger partial charge in [-0.1, -0.05) is 74.6 Å². The highest BCUT2D eigenvalue weighted by Crippen LogP contribution is 2.33. The van der Waals surface area contributed by atoms with Crippen LogP contribution in [0, 0.1) is 0 Å². The van der Waals surface area contributed by atoms with Crippen LogP contribution >= 0.6 is 0 Å². The summed E-state index contributed by atoms with van der Waals surface area (Å²) in [5, 5.41) is 9.81. The number of ether oxygens (including phenoxy) is 1. The Morgan fingerprint density at radius 2 is 1.47 bits per heavy atom. The van der Waals surface area contributed by atoms with Gasteiger partial charge in [0.2, 0.25) is 5.91 Å². The van der Waals surface area contributed by atoms with Crippen molar-refractivity contribution in [3.05, 3.63) is 97.5 Å². The minimum absolute atomic E-state index is 0.0356. The number of anilines is 3. The highest BCUT2D eigenvalue weighted by Gasteiger charge is 2.22. The predicted octanol–water partition coefficient (Wildman–Crippen LogP) is 8.66. The Hall–Kier alpha value is -5.23. The average Bonchev–Trinajstić information content (AvgIpc) is 3.50. The van der Waals surface area contributed by atoms with Crippen molar-refractivity contribution in [2.24, 2.45) is 0 Å². The molecule has 0 saturated heterocycles. The van der Waals surface area contributed by atoms with Crippen LogP contribution < -0.4 is 16.0 Å². The van der Waals surface area contributed by atoms with Gasteiger partial charge in [-0.3, -0.25) is 4.79 Å². The van der Waals surface area contributed by atoms with E-state index in [9.17, 15) is 18.0 Å². The Balaban J connectivity index is 1.10. The van der Waals surface area contributed by atoms with Crippen LogP contribution in [0.3, 0.4) is 0 Å². The van der Waals surface area contributed by atoms with E-state index in [1.807, 2.05) is 63.2 Å². The molecule has 0 unspecified atom stereocenters. The van der Waals surface area contributed by atoms with Gasteiger partial charge in [0.1, 0.15) is 17.7 Å². The smallest absolute Gasteiger partial charge is 0.407 e. The highest BCUT2D eigenvalue weighted by atomic mass is 32.2. The number of hydrogen-bond acceptors (Lipinski definition) is 8. The van der Waals surface area contributed by atoms with Crippen molar-refractivity contribution in [3.8, 4) is 11.3 Å². The predicted molar refractivity (Wildman–Crippen MR) is 202 cm³/mol. The first-order valence-corrected chi connectivity index (χ1v) is 18.8. The number of benzene rings is 3. The van der Waals surface area contributed by atoms with E-state index in [1.54, 1.807) is 48.7 Å². The van der Waals surface area contributed by atoms with Gasteiger partial charge in [-0.15, -0.1) is 0 Å². The number of para-hydroxylation sites is 1. The van der Waals surface area contributed by atoms with Gasteiger partial charge < -0.3 is 20.7 Å². The molecule has 0 saturated carbocycles. The first-order chi connectivity index (χ1) is 24.5. The third kappa shape index (κ3) is 10.6. The topological polar surface area (TPSA) is 144 Å². The largest absolute Gasteiger partial charge is 0.444 e. The van der Waals surface area contributed by atoms with E-state index in [0.29, 0.717) is 41.2 Å². The molecule has 0 aliphatic heterocycles. The van der Waals surface area contributed by atoms with Gasteiger partial charge in [0.25, 0.3) is 10.0 Å². The lowest BCUT2D eigenvalue weighted by Crippen LogP contribution is -2.32. The van der Waals surface area contributed by atoms with E-state index in [0.717, 1.165) is 56.0 Å². The summed E-state index contributed by atoms with van der Waals surface area (Å²) in [5.41, 5.74) is 2.68. The molecule has 3 aromatic carbocycles. The molecule has 5 aromatic rings. The number of unbranched alkanes of at least 4 members (excludes halogenated alkanes) is 6. The van der Waals surface area contributed by atoms with Crippen LogP contribution in [0.5, 0.6) is 0 Å². The Bertz CT molecular complexity index is 2040. The number of fused-ring (bicyclic) bond motifs is 1. The van der Waals surface area contributed by atoms with Gasteiger partial charge >= 0.3 is 6.09 Å². The number of aromatic nitrogens is 3. The molecule has 0 spiro atoms. The molecular formula is C39H46N6O5S. The molecule has 2 aromatic heterocycles. The zero-order chi connectivity index (χ0) is 36.3. The summed E-state index contributed by atoms with van der Waals surface area (Å²) in [6.07, 6.45) is 10.1. The number of carbonyl (C=O) groups is 2. The second-order valence-electron chi connectivity index (χ2n) is 13.4. The molecule has 0 atom stereocenters. The van der Waals surface area contributed by atoms with E-state index < -0.39 is 15.6 Å². The maximum absolute atomic E-state index is 13.6. The zero-order valence-electron chi connectivity index (χ0n) is 29.4. The number of nitrogens with zero attached hydrogens (tertiary/aromatic N) is 3. The Morgan fingerprint density at radius 1 is 0.784 bits per heavy atom. The molecule has 5 rings (SSSR count). The number of amides is 2. The average molecular weight is 711 g/mol. The second-order valence-corrected chi connectivity index (χ2v) is 15.2. The Kier molecular flexibility index (Phi) is 12.4. The summed E-state index contributed by atoms with van der Waals surface area (Å²) in [6.45, 7) is 6.15. The molecule has 12 heteroatoms. The number of carbonyl (C=O) groups excluding carboxylic acids is 2. The van der Waals surface area contributed by atoms with Crippen molar-refractivity contribution in [3.63, 3.8) is 0 Å². The molecule has 51 heavy (non-hydrogen) atoms. The lowest BCUT2D eigenvalue weighted by molar-refractivity contribution is -0.116. The monoisotopic (exact) mass is 710 g/mol. The van der Waals surface area contributed by atoms with Gasteiger partial charge in [0.15, 0.2) is 0 Å². The molecule has 11 nitrogen and oxygen atoms in total. The molecule has 0 radical (unpaired) electrons. The van der Waals surface area contributed by atoms with Gasteiger partial charge in [-0.2, -0.15) is 0 Å². The minimum atomic E-state index is -3.84. The quantitative estimate of drug-likeness (QED) is 0.0863. The fraction of sp³-hybridized carbons (Fsp3) is 0.333. The maximum atomic E-state index is 13.6. The van der Waals surface area contributed by atoms with Gasteiger partial charge in [-0.25, -0.2) is 27.2 Å². The fourth-order valence-electron chi connectivity index (χ4n) is 5.68. The van der Waals surface area contributed by atoms with Crippen LogP contribution in [0.25, 0.3) is 22.2 Å². The van der Waals surface area contributed by atoms with Gasteiger partial charge in [-0.05, 0) is 70.0 Å². The van der Waals surface area contributed by atoms with Crippen molar-refractivity contribution < 1.29 is 22.7 Å². The molecule has 2 amide bonds. The summed E-state index contributed by atoms with van der Waals surface area (Å²) in [7, 11) is -3.84. The minimum Gasteiger partial charge on any atom is -0.444 e. The molecule has 268 valence electrons. The van der Waals surface area contributed by atoms with Gasteiger partial charge in [0, 0.05) is 47.6 Å². The molecule has 0 bridgehead atoms. The van der Waals surface area contributed by atoms with Crippen molar-refractivity contribution in [2.45, 2.75) is 82.6 Å². The molecule has 3 N–H and O–H groups in total. The van der Waals surface area contributed by atoms with E-state index in [4.69, 9.17) is 4.74 Å². The number of nitrogens with one attached hydrogen (secondary N) is 3. The van der Waals surface area contributed by atoms with Crippen LogP contribution in [-0.4, -0.2) is 46.5 Å². The normalized spacial score (nSPS) is 11.7. The summed E-state index contributed by atoms with van der Waals surface area (Å²) in [6, 6.07) is 24.8. The number of rotatable bonds is 16. The lowest BCUT2D eigenvalue weighted by atomic mass is 10.1. The third-order valence-electron chi connectivity index (χ3n) is 8.09. The summed E-state index contributed by atoms with van der Waals surface area (Å²) >= 11 is 0. The number of alkyl carbamates (subject to hydrolysis) is 1. The molecule has 2 heterocycles. The fourth-order valence-corrected chi connectivity index (χ4v) is 7.07. The maximum Gasteiger partial charge on any atom is 0.407 e. The van der Waals surface area contributed by atoms with Crippen molar-refractivity contribution >= 4 is 50.1 Å². The van der Waals surface area contributed by atoms with Gasteiger partial charge in [0.05, 0.1) is 16.1 Å². The molecular weight excluding hydrogens is 665 g/mol. The molecule has 0 fully saturated rings. The molecule has 0 aliphatic rings. The second kappa shape index (κ2) is 17.1. The number of hydrogen-bond donors (Lipinski definition) is 3. The summed E-state index contributed by atoms with van der Waals surface area (Å²) in [5.74, 6) is 0.483. The zero-order valence-corrected chi connectivity index (χ0v) is 30.2. The highest BCUT2D eigenvalue weighted by molar-refractivity contribution is 7.90. The van der Waals surface area contributed by atoms with E-state index in [-0.39, 0.29) is 16.9 Å². The summed E-state index contributed by atoms with van der Waals surface area (Å²) < 4.78 is 33.7. The first kappa shape index (κ1) is 37.0. The van der Waals surface area contributed by atoms with Crippen molar-refractivity contribution in [1.29, 1.82) is 0 Å². The van der Waals surface area contributed by atoms with E-state index in [2.05, 4.69) is 25.9 Å². The SMILES string of the molecule is CC(C)(C)OC(=O)NCCCCCCCCCC(=O)Nc1cccc(Nc2cc(-c3cn(S(=O)(=O)c4ccccc4)c4ccccc34)ncn2)c1. The van der Waals surface area contributed by atoms with E-state index in [1.165, 1.54) is 10.3 Å². The third-order valence-corrected chi connectivity index (χ3v) is 9.78. The standard InChI is InChI=1S/C39H46N6O5S/c1-39(2,3)50-38(47)40-24-15-8-6-4-5-7-12-23-37(46)44-30-18-16-17-29(25-30)43-36-26-34(41-28-42-36)33-27-45(35-22-14-13-21-32(33)35)51(48,49)31-19-10-9-11-20-31/h9-11,13-14,16-22,25-28H,4-8,12,15,23-24H2,1-3H3,(H,40,47)(H,44,46)(H,41,42,43). The van der Waals surface area contributed by atoms with Crippen LogP contribution in [0.15, 0.2) is 102 Å². The lowest BCUT2D eigenvalue weighted by Gasteiger charge is -2.19. The Labute approximate surface area is 299 Å². The summed E-state index contributed by atoms with van der Waals surface area (Å²) in [4.78, 5) is 33.4.